The summed E-state index contributed by atoms with van der Waals surface area (Å²) in [6.45, 7) is 1.52. The van der Waals surface area contributed by atoms with Crippen LogP contribution in [0.1, 0.15) is 18.4 Å². The van der Waals surface area contributed by atoms with Gasteiger partial charge in [-0.2, -0.15) is 0 Å². The zero-order valence-corrected chi connectivity index (χ0v) is 10.4. The Hall–Kier alpha value is -0.940. The number of hydrogen-bond acceptors (Lipinski definition) is 3. The van der Waals surface area contributed by atoms with Gasteiger partial charge in [-0.15, -0.1) is 0 Å². The van der Waals surface area contributed by atoms with Crippen molar-refractivity contribution >= 4 is 21.6 Å². The molecule has 2 rings (SSSR count). The van der Waals surface area contributed by atoms with Crippen LogP contribution in [0.15, 0.2) is 22.7 Å². The van der Waals surface area contributed by atoms with E-state index in [9.17, 15) is 10.1 Å². The Bertz CT molecular complexity index is 405. The summed E-state index contributed by atoms with van der Waals surface area (Å²) in [7, 11) is 0. The molecule has 0 aromatic heterocycles. The number of nitrogens with one attached hydrogen (secondary N) is 1. The van der Waals surface area contributed by atoms with Gasteiger partial charge in [-0.1, -0.05) is 15.9 Å². The number of nitro benzene ring substituents is 1. The van der Waals surface area contributed by atoms with Gasteiger partial charge < -0.3 is 5.32 Å². The van der Waals surface area contributed by atoms with E-state index in [1.807, 2.05) is 0 Å². The molecule has 16 heavy (non-hydrogen) atoms. The fraction of sp³-hybridized carbons (Fsp3) is 0.455. The molecule has 1 aromatic carbocycles. The third kappa shape index (κ3) is 3.02. The van der Waals surface area contributed by atoms with Crippen LogP contribution < -0.4 is 5.32 Å². The zero-order valence-electron chi connectivity index (χ0n) is 8.78. The number of benzene rings is 1. The monoisotopic (exact) mass is 284 g/mol. The third-order valence-electron chi connectivity index (χ3n) is 2.68. The molecule has 1 saturated carbocycles. The molecule has 0 aliphatic heterocycles. The van der Waals surface area contributed by atoms with Crippen molar-refractivity contribution in [2.24, 2.45) is 5.92 Å². The molecule has 0 spiro atoms. The van der Waals surface area contributed by atoms with Gasteiger partial charge in [0.05, 0.1) is 4.92 Å². The summed E-state index contributed by atoms with van der Waals surface area (Å²) in [5, 5.41) is 14.1. The average molecular weight is 285 g/mol. The SMILES string of the molecule is O=[N+]([O-])c1ccc(Br)cc1CNCC1CC1. The van der Waals surface area contributed by atoms with Gasteiger partial charge in [0.2, 0.25) is 0 Å². The van der Waals surface area contributed by atoms with E-state index in [0.29, 0.717) is 6.54 Å². The fourth-order valence-electron chi connectivity index (χ4n) is 1.61. The van der Waals surface area contributed by atoms with Gasteiger partial charge in [-0.25, -0.2) is 0 Å². The van der Waals surface area contributed by atoms with Crippen LogP contribution in [0.25, 0.3) is 0 Å². The Balaban J connectivity index is 2.03. The van der Waals surface area contributed by atoms with E-state index >= 15 is 0 Å². The van der Waals surface area contributed by atoms with Crippen LogP contribution in [0.5, 0.6) is 0 Å². The van der Waals surface area contributed by atoms with E-state index in [2.05, 4.69) is 21.2 Å². The highest BCUT2D eigenvalue weighted by molar-refractivity contribution is 9.10. The highest BCUT2D eigenvalue weighted by Crippen LogP contribution is 2.28. The second kappa shape index (κ2) is 4.93. The maximum Gasteiger partial charge on any atom is 0.273 e. The molecule has 1 N–H and O–H groups in total. The van der Waals surface area contributed by atoms with E-state index in [1.54, 1.807) is 12.1 Å². The fourth-order valence-corrected chi connectivity index (χ4v) is 2.02. The molecule has 5 heteroatoms. The van der Waals surface area contributed by atoms with E-state index in [-0.39, 0.29) is 10.6 Å². The standard InChI is InChI=1S/C11H13BrN2O2/c12-10-3-4-11(14(15)16)9(5-10)7-13-6-8-1-2-8/h3-5,8,13H,1-2,6-7H2. The molecule has 0 amide bonds. The van der Waals surface area contributed by atoms with Crippen LogP contribution in [0.2, 0.25) is 0 Å². The molecule has 1 fully saturated rings. The first-order chi connectivity index (χ1) is 7.66. The van der Waals surface area contributed by atoms with Gasteiger partial charge in [0.15, 0.2) is 0 Å². The minimum Gasteiger partial charge on any atom is -0.312 e. The lowest BCUT2D eigenvalue weighted by Gasteiger charge is -2.05. The summed E-state index contributed by atoms with van der Waals surface area (Å²) < 4.78 is 0.876. The van der Waals surface area contributed by atoms with Crippen LogP contribution in [0.3, 0.4) is 0 Å². The van der Waals surface area contributed by atoms with E-state index in [4.69, 9.17) is 0 Å². The number of halogens is 1. The summed E-state index contributed by atoms with van der Waals surface area (Å²) in [6.07, 6.45) is 2.57. The Kier molecular flexibility index (Phi) is 3.56. The number of nitro groups is 1. The summed E-state index contributed by atoms with van der Waals surface area (Å²) in [5.41, 5.74) is 0.923. The Morgan fingerprint density at radius 2 is 2.25 bits per heavy atom. The van der Waals surface area contributed by atoms with Gasteiger partial charge in [0.1, 0.15) is 0 Å². The third-order valence-corrected chi connectivity index (χ3v) is 3.18. The van der Waals surface area contributed by atoms with Crippen molar-refractivity contribution in [2.75, 3.05) is 6.54 Å². The molecule has 4 nitrogen and oxygen atoms in total. The second-order valence-corrected chi connectivity index (χ2v) is 5.02. The minimum atomic E-state index is -0.333. The lowest BCUT2D eigenvalue weighted by atomic mass is 10.2. The zero-order chi connectivity index (χ0) is 11.5. The molecule has 1 aromatic rings. The average Bonchev–Trinajstić information content (AvgIpc) is 3.01. The van der Waals surface area contributed by atoms with Gasteiger partial charge in [-0.3, -0.25) is 10.1 Å². The molecule has 0 atom stereocenters. The lowest BCUT2D eigenvalue weighted by Crippen LogP contribution is -2.16. The van der Waals surface area contributed by atoms with Gasteiger partial charge in [0.25, 0.3) is 5.69 Å². The second-order valence-electron chi connectivity index (χ2n) is 4.10. The van der Waals surface area contributed by atoms with Crippen molar-refractivity contribution in [3.8, 4) is 0 Å². The molecule has 1 aliphatic rings. The molecule has 0 unspecified atom stereocenters. The molecular formula is C11H13BrN2O2. The Morgan fingerprint density at radius 1 is 1.50 bits per heavy atom. The predicted octanol–water partition coefficient (Wildman–Crippen LogP) is 2.86. The molecule has 1 aliphatic carbocycles. The topological polar surface area (TPSA) is 55.2 Å². The van der Waals surface area contributed by atoms with Gasteiger partial charge >= 0.3 is 0 Å². The molecule has 0 saturated heterocycles. The van der Waals surface area contributed by atoms with E-state index in [1.165, 1.54) is 18.9 Å². The van der Waals surface area contributed by atoms with Crippen molar-refractivity contribution in [1.82, 2.24) is 5.32 Å². The minimum absolute atomic E-state index is 0.187. The van der Waals surface area contributed by atoms with Crippen LogP contribution in [0.4, 0.5) is 5.69 Å². The molecule has 0 bridgehead atoms. The molecular weight excluding hydrogens is 272 g/mol. The van der Waals surface area contributed by atoms with E-state index in [0.717, 1.165) is 22.5 Å². The van der Waals surface area contributed by atoms with Crippen LogP contribution >= 0.6 is 15.9 Å². The number of nitrogens with zero attached hydrogens (tertiary/aromatic N) is 1. The number of hydrogen-bond donors (Lipinski definition) is 1. The Morgan fingerprint density at radius 3 is 2.88 bits per heavy atom. The maximum atomic E-state index is 10.8. The maximum absolute atomic E-state index is 10.8. The highest BCUT2D eigenvalue weighted by Gasteiger charge is 2.21. The quantitative estimate of drug-likeness (QED) is 0.668. The first-order valence-electron chi connectivity index (χ1n) is 5.30. The summed E-state index contributed by atoms with van der Waals surface area (Å²) >= 11 is 3.33. The van der Waals surface area contributed by atoms with Crippen molar-refractivity contribution in [3.63, 3.8) is 0 Å². The smallest absolute Gasteiger partial charge is 0.273 e. The first-order valence-corrected chi connectivity index (χ1v) is 6.09. The predicted molar refractivity (Wildman–Crippen MR) is 65.2 cm³/mol. The number of rotatable bonds is 5. The summed E-state index contributed by atoms with van der Waals surface area (Å²) in [5.74, 6) is 0.784. The summed E-state index contributed by atoms with van der Waals surface area (Å²) in [4.78, 5) is 10.5. The van der Waals surface area contributed by atoms with Gasteiger partial charge in [0, 0.05) is 22.6 Å². The summed E-state index contributed by atoms with van der Waals surface area (Å²) in [6, 6.07) is 5.04. The van der Waals surface area contributed by atoms with Gasteiger partial charge in [-0.05, 0) is 37.4 Å². The van der Waals surface area contributed by atoms with Crippen molar-refractivity contribution in [3.05, 3.63) is 38.3 Å². The first kappa shape index (κ1) is 11.5. The van der Waals surface area contributed by atoms with Crippen molar-refractivity contribution in [2.45, 2.75) is 19.4 Å². The van der Waals surface area contributed by atoms with Crippen molar-refractivity contribution in [1.29, 1.82) is 0 Å². The molecule has 0 heterocycles. The van der Waals surface area contributed by atoms with Crippen LogP contribution in [-0.2, 0) is 6.54 Å². The molecule has 86 valence electrons. The largest absolute Gasteiger partial charge is 0.312 e. The highest BCUT2D eigenvalue weighted by atomic mass is 79.9. The van der Waals surface area contributed by atoms with E-state index < -0.39 is 0 Å². The molecule has 0 radical (unpaired) electrons. The normalized spacial score (nSPS) is 15.1. The lowest BCUT2D eigenvalue weighted by molar-refractivity contribution is -0.385. The Labute approximate surface area is 102 Å². The van der Waals surface area contributed by atoms with Crippen LogP contribution in [-0.4, -0.2) is 11.5 Å². The van der Waals surface area contributed by atoms with Crippen molar-refractivity contribution < 1.29 is 4.92 Å². The van der Waals surface area contributed by atoms with Crippen LogP contribution in [0, 0.1) is 16.0 Å².